The fourth-order valence-electron chi connectivity index (χ4n) is 1.85. The van der Waals surface area contributed by atoms with E-state index in [2.05, 4.69) is 32.7 Å². The first-order valence-corrected chi connectivity index (χ1v) is 7.05. The molecule has 0 amide bonds. The molecule has 2 atom stereocenters. The van der Waals surface area contributed by atoms with E-state index in [0.717, 1.165) is 17.4 Å². The molecule has 3 nitrogen and oxygen atoms in total. The van der Waals surface area contributed by atoms with Crippen molar-refractivity contribution < 1.29 is 9.84 Å². The van der Waals surface area contributed by atoms with Crippen LogP contribution in [0, 0.1) is 0 Å². The molecule has 2 heterocycles. The van der Waals surface area contributed by atoms with Crippen LogP contribution in [0.3, 0.4) is 0 Å². The van der Waals surface area contributed by atoms with Crippen LogP contribution in [0.25, 0.3) is 0 Å². The summed E-state index contributed by atoms with van der Waals surface area (Å²) >= 11 is 5.13. The maximum Gasteiger partial charge on any atom is 0.105 e. The van der Waals surface area contributed by atoms with Gasteiger partial charge in [0.25, 0.3) is 0 Å². The third kappa shape index (κ3) is 2.84. The van der Waals surface area contributed by atoms with Crippen LogP contribution in [0.1, 0.15) is 18.2 Å². The van der Waals surface area contributed by atoms with Crippen molar-refractivity contribution in [1.82, 2.24) is 5.32 Å². The molecule has 0 spiro atoms. The molecule has 0 saturated carbocycles. The van der Waals surface area contributed by atoms with E-state index in [-0.39, 0.29) is 6.10 Å². The number of hydrogen-bond donors (Lipinski definition) is 2. The molecular weight excluding hydrogens is 290 g/mol. The maximum absolute atomic E-state index is 10.2. The first-order valence-electron chi connectivity index (χ1n) is 5.38. The van der Waals surface area contributed by atoms with Crippen LogP contribution in [-0.4, -0.2) is 30.0 Å². The van der Waals surface area contributed by atoms with E-state index in [0.29, 0.717) is 13.2 Å². The Morgan fingerprint density at radius 1 is 1.75 bits per heavy atom. The predicted octanol–water partition coefficient (Wildman–Crippen LogP) is 2.14. The summed E-state index contributed by atoms with van der Waals surface area (Å²) in [5.41, 5.74) is -0.700. The van der Waals surface area contributed by atoms with Gasteiger partial charge < -0.3 is 15.2 Å². The highest BCUT2D eigenvalue weighted by Crippen LogP contribution is 2.25. The van der Waals surface area contributed by atoms with Gasteiger partial charge >= 0.3 is 0 Å². The van der Waals surface area contributed by atoms with Crippen molar-refractivity contribution in [1.29, 1.82) is 0 Å². The molecule has 0 aromatic carbocycles. The zero-order valence-electron chi connectivity index (χ0n) is 9.20. The third-order valence-electron chi connectivity index (χ3n) is 3.01. The van der Waals surface area contributed by atoms with Crippen LogP contribution in [0.5, 0.6) is 0 Å². The number of thiophene rings is 1. The van der Waals surface area contributed by atoms with Gasteiger partial charge in [-0.15, -0.1) is 11.3 Å². The molecule has 2 N–H and O–H groups in total. The van der Waals surface area contributed by atoms with E-state index in [1.54, 1.807) is 11.3 Å². The lowest BCUT2D eigenvalue weighted by Gasteiger charge is -2.26. The highest BCUT2D eigenvalue weighted by atomic mass is 79.9. The fourth-order valence-corrected chi connectivity index (χ4v) is 3.27. The van der Waals surface area contributed by atoms with E-state index in [4.69, 9.17) is 4.74 Å². The van der Waals surface area contributed by atoms with Crippen molar-refractivity contribution in [3.8, 4) is 0 Å². The molecule has 5 heteroatoms. The van der Waals surface area contributed by atoms with Crippen molar-refractivity contribution >= 4 is 27.3 Å². The van der Waals surface area contributed by atoms with Crippen LogP contribution >= 0.6 is 27.3 Å². The lowest BCUT2D eigenvalue weighted by Crippen LogP contribution is -2.45. The molecule has 1 aromatic heterocycles. The van der Waals surface area contributed by atoms with E-state index >= 15 is 0 Å². The zero-order valence-corrected chi connectivity index (χ0v) is 11.6. The second-order valence-electron chi connectivity index (χ2n) is 4.20. The van der Waals surface area contributed by atoms with Gasteiger partial charge in [0.05, 0.1) is 6.10 Å². The van der Waals surface area contributed by atoms with Crippen molar-refractivity contribution in [2.75, 3.05) is 13.2 Å². The normalized spacial score (nSPS) is 29.8. The molecule has 1 fully saturated rings. The van der Waals surface area contributed by atoms with E-state index in [1.165, 1.54) is 4.88 Å². The molecular formula is C11H16BrNO2S. The van der Waals surface area contributed by atoms with Crippen molar-refractivity contribution in [3.05, 3.63) is 20.8 Å². The first kappa shape index (κ1) is 12.5. The number of halogens is 1. The highest BCUT2D eigenvalue weighted by Gasteiger charge is 2.38. The van der Waals surface area contributed by atoms with Crippen LogP contribution in [-0.2, 0) is 11.3 Å². The molecule has 1 saturated heterocycles. The molecule has 2 rings (SSSR count). The van der Waals surface area contributed by atoms with Gasteiger partial charge in [0, 0.05) is 40.8 Å². The van der Waals surface area contributed by atoms with E-state index < -0.39 is 5.60 Å². The maximum atomic E-state index is 10.2. The number of nitrogens with one attached hydrogen (secondary N) is 1. The molecule has 1 aliphatic rings. The van der Waals surface area contributed by atoms with Crippen LogP contribution in [0.2, 0.25) is 0 Å². The quantitative estimate of drug-likeness (QED) is 0.895. The van der Waals surface area contributed by atoms with Crippen molar-refractivity contribution in [2.45, 2.75) is 31.6 Å². The monoisotopic (exact) mass is 305 g/mol. The van der Waals surface area contributed by atoms with E-state index in [1.807, 2.05) is 6.92 Å². The summed E-state index contributed by atoms with van der Waals surface area (Å²) in [6.07, 6.45) is 0.644. The number of rotatable bonds is 4. The van der Waals surface area contributed by atoms with Crippen LogP contribution in [0.4, 0.5) is 0 Å². The first-order chi connectivity index (χ1) is 7.60. The molecule has 16 heavy (non-hydrogen) atoms. The lowest BCUT2D eigenvalue weighted by atomic mass is 9.97. The van der Waals surface area contributed by atoms with Crippen molar-refractivity contribution in [2.24, 2.45) is 0 Å². The van der Waals surface area contributed by atoms with Gasteiger partial charge in [-0.3, -0.25) is 0 Å². The Kier molecular flexibility index (Phi) is 4.02. The summed E-state index contributed by atoms with van der Waals surface area (Å²) in [5, 5.41) is 15.6. The van der Waals surface area contributed by atoms with Gasteiger partial charge in [0.1, 0.15) is 5.60 Å². The molecule has 2 unspecified atom stereocenters. The third-order valence-corrected chi connectivity index (χ3v) is 4.71. The standard InChI is InChI=1S/C11H16BrNO2S/c1-8-11(14,2-3-15-8)7-13-5-10-4-9(12)6-16-10/h4,6,8,13-14H,2-3,5,7H2,1H3. The summed E-state index contributed by atoms with van der Waals surface area (Å²) in [5.74, 6) is 0. The molecule has 1 aliphatic heterocycles. The minimum absolute atomic E-state index is 0.0740. The summed E-state index contributed by atoms with van der Waals surface area (Å²) in [6, 6.07) is 2.09. The number of aliphatic hydroxyl groups is 1. The van der Waals surface area contributed by atoms with E-state index in [9.17, 15) is 5.11 Å². The molecule has 0 radical (unpaired) electrons. The molecule has 0 aliphatic carbocycles. The lowest BCUT2D eigenvalue weighted by molar-refractivity contribution is -0.0262. The largest absolute Gasteiger partial charge is 0.386 e. The zero-order chi connectivity index (χ0) is 11.6. The Morgan fingerprint density at radius 2 is 2.56 bits per heavy atom. The topological polar surface area (TPSA) is 41.5 Å². The minimum atomic E-state index is -0.700. The SMILES string of the molecule is CC1OCCC1(O)CNCc1cc(Br)cs1. The fraction of sp³-hybridized carbons (Fsp3) is 0.636. The minimum Gasteiger partial charge on any atom is -0.386 e. The van der Waals surface area contributed by atoms with Gasteiger partial charge in [-0.2, -0.15) is 0 Å². The molecule has 90 valence electrons. The summed E-state index contributed by atoms with van der Waals surface area (Å²) in [4.78, 5) is 1.27. The Hall–Kier alpha value is 0.0600. The number of hydrogen-bond acceptors (Lipinski definition) is 4. The van der Waals surface area contributed by atoms with Gasteiger partial charge in [-0.1, -0.05) is 0 Å². The number of ether oxygens (including phenoxy) is 1. The average molecular weight is 306 g/mol. The molecule has 1 aromatic rings. The summed E-state index contributed by atoms with van der Waals surface area (Å²) in [6.45, 7) is 3.97. The van der Waals surface area contributed by atoms with Gasteiger partial charge in [-0.05, 0) is 28.9 Å². The summed E-state index contributed by atoms with van der Waals surface area (Å²) in [7, 11) is 0. The second kappa shape index (κ2) is 5.14. The Morgan fingerprint density at radius 3 is 3.12 bits per heavy atom. The Balaban J connectivity index is 1.79. The highest BCUT2D eigenvalue weighted by molar-refractivity contribution is 9.10. The van der Waals surface area contributed by atoms with Crippen molar-refractivity contribution in [3.63, 3.8) is 0 Å². The van der Waals surface area contributed by atoms with Gasteiger partial charge in [0.2, 0.25) is 0 Å². The Labute approximate surface area is 108 Å². The van der Waals surface area contributed by atoms with Crippen LogP contribution < -0.4 is 5.32 Å². The average Bonchev–Trinajstić information content (AvgIpc) is 2.76. The smallest absolute Gasteiger partial charge is 0.105 e. The molecule has 0 bridgehead atoms. The van der Waals surface area contributed by atoms with Gasteiger partial charge in [-0.25, -0.2) is 0 Å². The second-order valence-corrected chi connectivity index (χ2v) is 6.11. The van der Waals surface area contributed by atoms with Gasteiger partial charge in [0.15, 0.2) is 0 Å². The summed E-state index contributed by atoms with van der Waals surface area (Å²) < 4.78 is 6.50. The predicted molar refractivity (Wildman–Crippen MR) is 68.7 cm³/mol. The Bertz CT molecular complexity index is 358. The van der Waals surface area contributed by atoms with Crippen LogP contribution in [0.15, 0.2) is 15.9 Å².